The van der Waals surface area contributed by atoms with E-state index in [1.165, 1.54) is 0 Å². The van der Waals surface area contributed by atoms with Gasteiger partial charge in [-0.05, 0) is 37.1 Å². The molecular formula is C21H22O5. The lowest BCUT2D eigenvalue weighted by atomic mass is 10.1. The molecule has 0 N–H and O–H groups in total. The van der Waals surface area contributed by atoms with Crippen LogP contribution in [0.1, 0.15) is 46.9 Å². The van der Waals surface area contributed by atoms with Gasteiger partial charge in [-0.25, -0.2) is 9.59 Å². The molecule has 0 bridgehead atoms. The van der Waals surface area contributed by atoms with Crippen molar-refractivity contribution in [2.75, 3.05) is 6.61 Å². The molecule has 5 heteroatoms. The maximum absolute atomic E-state index is 12.4. The number of hydrogen-bond acceptors (Lipinski definition) is 5. The van der Waals surface area contributed by atoms with Crippen molar-refractivity contribution in [1.29, 1.82) is 0 Å². The van der Waals surface area contributed by atoms with E-state index in [1.807, 2.05) is 6.92 Å². The minimum absolute atomic E-state index is 0.367. The number of ketones is 1. The van der Waals surface area contributed by atoms with Crippen molar-refractivity contribution in [3.8, 4) is 0 Å². The molecule has 0 aliphatic rings. The summed E-state index contributed by atoms with van der Waals surface area (Å²) in [5, 5.41) is 0. The molecule has 0 unspecified atom stereocenters. The summed E-state index contributed by atoms with van der Waals surface area (Å²) in [6, 6.07) is 16.9. The monoisotopic (exact) mass is 354 g/mol. The number of Topliss-reactive ketones (excluding diaryl/α,β-unsaturated/α-hetero) is 1. The Morgan fingerprint density at radius 2 is 1.38 bits per heavy atom. The highest BCUT2D eigenvalue weighted by molar-refractivity contribution is 5.95. The average Bonchev–Trinajstić information content (AvgIpc) is 2.70. The van der Waals surface area contributed by atoms with Gasteiger partial charge in [0.2, 0.25) is 5.78 Å². The maximum Gasteiger partial charge on any atom is 0.338 e. The first kappa shape index (κ1) is 19.4. The van der Waals surface area contributed by atoms with Crippen molar-refractivity contribution >= 4 is 17.7 Å². The van der Waals surface area contributed by atoms with Crippen molar-refractivity contribution in [3.63, 3.8) is 0 Å². The molecule has 2 aromatic carbocycles. The van der Waals surface area contributed by atoms with Crippen molar-refractivity contribution in [2.45, 2.75) is 32.3 Å². The summed E-state index contributed by atoms with van der Waals surface area (Å²) in [4.78, 5) is 36.5. The van der Waals surface area contributed by atoms with Crippen molar-refractivity contribution in [1.82, 2.24) is 0 Å². The highest BCUT2D eigenvalue weighted by Crippen LogP contribution is 2.11. The smallest absolute Gasteiger partial charge is 0.338 e. The number of benzene rings is 2. The van der Waals surface area contributed by atoms with Gasteiger partial charge in [0.15, 0.2) is 12.7 Å². The maximum atomic E-state index is 12.4. The van der Waals surface area contributed by atoms with Crippen LogP contribution in [0.5, 0.6) is 0 Å². The third kappa shape index (κ3) is 5.84. The summed E-state index contributed by atoms with van der Waals surface area (Å²) in [6.45, 7) is 1.56. The zero-order chi connectivity index (χ0) is 18.8. The van der Waals surface area contributed by atoms with Crippen LogP contribution in [-0.4, -0.2) is 30.4 Å². The molecule has 136 valence electrons. The van der Waals surface area contributed by atoms with Gasteiger partial charge in [-0.3, -0.25) is 4.79 Å². The minimum Gasteiger partial charge on any atom is -0.454 e. The highest BCUT2D eigenvalue weighted by Gasteiger charge is 2.24. The van der Waals surface area contributed by atoms with E-state index in [0.717, 1.165) is 12.8 Å². The van der Waals surface area contributed by atoms with Gasteiger partial charge in [0.1, 0.15) is 0 Å². The molecule has 0 amide bonds. The summed E-state index contributed by atoms with van der Waals surface area (Å²) in [7, 11) is 0. The molecule has 2 rings (SSSR count). The molecule has 0 saturated heterocycles. The molecule has 26 heavy (non-hydrogen) atoms. The predicted molar refractivity (Wildman–Crippen MR) is 96.9 cm³/mol. The second-order valence-electron chi connectivity index (χ2n) is 5.81. The van der Waals surface area contributed by atoms with E-state index in [4.69, 9.17) is 9.47 Å². The Hall–Kier alpha value is -2.95. The summed E-state index contributed by atoms with van der Waals surface area (Å²) in [5.74, 6) is -1.57. The van der Waals surface area contributed by atoms with Crippen LogP contribution in [0.3, 0.4) is 0 Å². The third-order valence-corrected chi connectivity index (χ3v) is 3.79. The fourth-order valence-electron chi connectivity index (χ4n) is 2.33. The molecule has 0 fully saturated rings. The number of carbonyl (C=O) groups is 3. The topological polar surface area (TPSA) is 69.7 Å². The SMILES string of the molecule is CCCC[C@H](OC(=O)c1ccccc1)C(=O)COC(=O)c1ccccc1. The summed E-state index contributed by atoms with van der Waals surface area (Å²) >= 11 is 0. The quantitative estimate of drug-likeness (QED) is 0.640. The van der Waals surface area contributed by atoms with E-state index in [2.05, 4.69) is 0 Å². The molecule has 0 aliphatic heterocycles. The lowest BCUT2D eigenvalue weighted by Crippen LogP contribution is -2.31. The van der Waals surface area contributed by atoms with Crippen LogP contribution in [0, 0.1) is 0 Å². The zero-order valence-corrected chi connectivity index (χ0v) is 14.7. The first-order chi connectivity index (χ1) is 12.6. The van der Waals surface area contributed by atoms with Crippen LogP contribution in [0.4, 0.5) is 0 Å². The van der Waals surface area contributed by atoms with Crippen LogP contribution in [0.25, 0.3) is 0 Å². The number of unbranched alkanes of at least 4 members (excludes halogenated alkanes) is 1. The Balaban J connectivity index is 1.95. The number of ether oxygens (including phenoxy) is 2. The Kier molecular flexibility index (Phi) is 7.55. The fraction of sp³-hybridized carbons (Fsp3) is 0.286. The summed E-state index contributed by atoms with van der Waals surface area (Å²) < 4.78 is 10.4. The van der Waals surface area contributed by atoms with Crippen molar-refractivity contribution < 1.29 is 23.9 Å². The average molecular weight is 354 g/mol. The van der Waals surface area contributed by atoms with Crippen LogP contribution in [0.15, 0.2) is 60.7 Å². The second-order valence-corrected chi connectivity index (χ2v) is 5.81. The van der Waals surface area contributed by atoms with Gasteiger partial charge in [-0.2, -0.15) is 0 Å². The molecule has 0 saturated carbocycles. The van der Waals surface area contributed by atoms with Crippen molar-refractivity contribution in [3.05, 3.63) is 71.8 Å². The third-order valence-electron chi connectivity index (χ3n) is 3.79. The molecule has 0 radical (unpaired) electrons. The molecule has 1 atom stereocenters. The number of carbonyl (C=O) groups excluding carboxylic acids is 3. The Morgan fingerprint density at radius 3 is 1.92 bits per heavy atom. The van der Waals surface area contributed by atoms with E-state index in [-0.39, 0.29) is 0 Å². The van der Waals surface area contributed by atoms with Gasteiger partial charge < -0.3 is 9.47 Å². The first-order valence-electron chi connectivity index (χ1n) is 8.62. The second kappa shape index (κ2) is 10.1. The number of rotatable bonds is 9. The molecule has 0 aliphatic carbocycles. The van der Waals surface area contributed by atoms with Crippen LogP contribution in [0.2, 0.25) is 0 Å². The summed E-state index contributed by atoms with van der Waals surface area (Å²) in [6.07, 6.45) is 1.06. The van der Waals surface area contributed by atoms with Gasteiger partial charge >= 0.3 is 11.9 Å². The molecule has 0 spiro atoms. The summed E-state index contributed by atoms with van der Waals surface area (Å²) in [5.41, 5.74) is 0.745. The van der Waals surface area contributed by atoms with Gasteiger partial charge in [0.05, 0.1) is 11.1 Å². The van der Waals surface area contributed by atoms with Gasteiger partial charge in [0, 0.05) is 0 Å². The predicted octanol–water partition coefficient (Wildman–Crippen LogP) is 3.83. The Bertz CT molecular complexity index is 725. The van der Waals surface area contributed by atoms with Gasteiger partial charge in [-0.1, -0.05) is 49.7 Å². The molecule has 5 nitrogen and oxygen atoms in total. The zero-order valence-electron chi connectivity index (χ0n) is 14.7. The standard InChI is InChI=1S/C21H22O5/c1-2-3-14-19(26-21(24)17-12-8-5-9-13-17)18(22)15-25-20(23)16-10-6-4-7-11-16/h4-13,19H,2-3,14-15H2,1H3/t19-/m0/s1. The van der Waals surface area contributed by atoms with E-state index in [1.54, 1.807) is 60.7 Å². The van der Waals surface area contributed by atoms with E-state index < -0.39 is 30.4 Å². The lowest BCUT2D eigenvalue weighted by molar-refractivity contribution is -0.131. The lowest BCUT2D eigenvalue weighted by Gasteiger charge is -2.16. The Morgan fingerprint density at radius 1 is 0.846 bits per heavy atom. The molecular weight excluding hydrogens is 332 g/mol. The normalized spacial score (nSPS) is 11.4. The van der Waals surface area contributed by atoms with Gasteiger partial charge in [-0.15, -0.1) is 0 Å². The molecule has 0 heterocycles. The van der Waals surface area contributed by atoms with E-state index in [9.17, 15) is 14.4 Å². The first-order valence-corrected chi connectivity index (χ1v) is 8.62. The van der Waals surface area contributed by atoms with Crippen LogP contribution < -0.4 is 0 Å². The number of hydrogen-bond donors (Lipinski definition) is 0. The fourth-order valence-corrected chi connectivity index (χ4v) is 2.33. The van der Waals surface area contributed by atoms with Crippen molar-refractivity contribution in [2.24, 2.45) is 0 Å². The largest absolute Gasteiger partial charge is 0.454 e. The Labute approximate surface area is 152 Å². The minimum atomic E-state index is -0.925. The molecule has 2 aromatic rings. The van der Waals surface area contributed by atoms with Crippen LogP contribution >= 0.6 is 0 Å². The van der Waals surface area contributed by atoms with Gasteiger partial charge in [0.25, 0.3) is 0 Å². The highest BCUT2D eigenvalue weighted by atomic mass is 16.6. The van der Waals surface area contributed by atoms with E-state index in [0.29, 0.717) is 17.5 Å². The van der Waals surface area contributed by atoms with E-state index >= 15 is 0 Å². The molecule has 0 aromatic heterocycles. The van der Waals surface area contributed by atoms with Crippen LogP contribution in [-0.2, 0) is 14.3 Å². The number of esters is 2.